The van der Waals surface area contributed by atoms with Crippen LogP contribution in [0.2, 0.25) is 0 Å². The van der Waals surface area contributed by atoms with E-state index in [1.54, 1.807) is 6.66 Å². The Hall–Kier alpha value is 0.0600. The van der Waals surface area contributed by atoms with E-state index in [0.29, 0.717) is 6.42 Å². The summed E-state index contributed by atoms with van der Waals surface area (Å²) in [5.41, 5.74) is 0.241. The van der Waals surface area contributed by atoms with E-state index < -0.39 is 7.80 Å². The number of rotatable bonds is 5. The first-order valence-corrected chi connectivity index (χ1v) is 5.50. The monoisotopic (exact) mass is 163 g/mol. The Labute approximate surface area is 63.4 Å². The molecule has 0 rings (SSSR count). The smallest absolute Gasteiger partial charge is 0.338 e. The van der Waals surface area contributed by atoms with Crippen molar-refractivity contribution >= 4 is 7.80 Å². The van der Waals surface area contributed by atoms with Gasteiger partial charge in [0.05, 0.1) is 0 Å². The van der Waals surface area contributed by atoms with Crippen molar-refractivity contribution in [1.29, 1.82) is 0 Å². The van der Waals surface area contributed by atoms with Crippen LogP contribution in [0.5, 0.6) is 0 Å². The zero-order chi connectivity index (χ0) is 7.98. The van der Waals surface area contributed by atoms with Crippen molar-refractivity contribution in [3.05, 3.63) is 0 Å². The molecule has 60 valence electrons. The van der Waals surface area contributed by atoms with Crippen molar-refractivity contribution in [1.82, 2.24) is 0 Å². The first-order valence-electron chi connectivity index (χ1n) is 3.73. The lowest BCUT2D eigenvalue weighted by atomic mass is 10.2. The lowest BCUT2D eigenvalue weighted by molar-refractivity contribution is 0.283. The van der Waals surface area contributed by atoms with Crippen LogP contribution >= 0.6 is 7.80 Å². The Bertz CT molecular complexity index is 97.8. The average molecular weight is 163 g/mol. The predicted molar refractivity (Wildman–Crippen MR) is 43.9 cm³/mol. The highest BCUT2D eigenvalue weighted by Gasteiger charge is 2.22. The fraction of sp³-hybridized carbons (Fsp3) is 1.00. The summed E-state index contributed by atoms with van der Waals surface area (Å²) in [4.78, 5) is 0. The molecule has 10 heavy (non-hydrogen) atoms. The molecule has 0 heterocycles. The van der Waals surface area contributed by atoms with Gasteiger partial charge < -0.3 is 5.11 Å². The normalized spacial score (nSPS) is 14.9. The van der Waals surface area contributed by atoms with E-state index in [1.807, 2.05) is 0 Å². The fourth-order valence-electron chi connectivity index (χ4n) is 0.990. The van der Waals surface area contributed by atoms with Gasteiger partial charge in [-0.2, -0.15) is 0 Å². The van der Waals surface area contributed by atoms with Gasteiger partial charge >= 0.3 is 7.80 Å². The van der Waals surface area contributed by atoms with Crippen LogP contribution in [-0.4, -0.2) is 24.0 Å². The molecule has 0 spiro atoms. The lowest BCUT2D eigenvalue weighted by Crippen LogP contribution is -2.03. The standard InChI is InChI=1S/C7H16O2P/c1-3-4-7(5-6-8)10(2)9/h7-8H,3-6H2,1-2H3/q+1. The first-order chi connectivity index (χ1) is 4.72. The molecule has 0 bridgehead atoms. The van der Waals surface area contributed by atoms with Gasteiger partial charge in [-0.05, 0) is 6.42 Å². The Morgan fingerprint density at radius 2 is 2.10 bits per heavy atom. The van der Waals surface area contributed by atoms with Crippen LogP contribution in [0.4, 0.5) is 0 Å². The third-order valence-corrected chi connectivity index (χ3v) is 3.14. The van der Waals surface area contributed by atoms with E-state index in [4.69, 9.17) is 5.11 Å². The number of hydrogen-bond acceptors (Lipinski definition) is 2. The summed E-state index contributed by atoms with van der Waals surface area (Å²) in [7, 11) is -1.09. The summed E-state index contributed by atoms with van der Waals surface area (Å²) < 4.78 is 11.0. The van der Waals surface area contributed by atoms with Crippen LogP contribution in [-0.2, 0) is 4.57 Å². The van der Waals surface area contributed by atoms with E-state index in [2.05, 4.69) is 6.92 Å². The highest BCUT2D eigenvalue weighted by molar-refractivity contribution is 7.44. The van der Waals surface area contributed by atoms with Gasteiger partial charge in [0.15, 0.2) is 5.66 Å². The van der Waals surface area contributed by atoms with Crippen molar-refractivity contribution < 1.29 is 9.67 Å². The van der Waals surface area contributed by atoms with E-state index in [-0.39, 0.29) is 12.3 Å². The van der Waals surface area contributed by atoms with Crippen molar-refractivity contribution in [2.75, 3.05) is 13.3 Å². The molecule has 2 atom stereocenters. The largest absolute Gasteiger partial charge is 0.396 e. The minimum Gasteiger partial charge on any atom is -0.396 e. The van der Waals surface area contributed by atoms with E-state index >= 15 is 0 Å². The van der Waals surface area contributed by atoms with Gasteiger partial charge in [-0.15, -0.1) is 0 Å². The van der Waals surface area contributed by atoms with Gasteiger partial charge in [0, 0.05) is 13.0 Å². The molecule has 0 amide bonds. The molecule has 0 saturated heterocycles. The van der Waals surface area contributed by atoms with Crippen molar-refractivity contribution in [2.24, 2.45) is 0 Å². The maximum absolute atomic E-state index is 11.0. The number of aliphatic hydroxyl groups excluding tert-OH is 1. The molecule has 0 aliphatic heterocycles. The number of aliphatic hydroxyl groups is 1. The van der Waals surface area contributed by atoms with Gasteiger partial charge in [-0.3, -0.25) is 0 Å². The quantitative estimate of drug-likeness (QED) is 0.629. The van der Waals surface area contributed by atoms with Gasteiger partial charge in [0.1, 0.15) is 6.66 Å². The Morgan fingerprint density at radius 1 is 1.50 bits per heavy atom. The molecular formula is C7H16O2P+. The third-order valence-electron chi connectivity index (χ3n) is 1.60. The molecule has 0 aromatic heterocycles. The molecule has 3 heteroatoms. The zero-order valence-electron chi connectivity index (χ0n) is 6.71. The maximum Gasteiger partial charge on any atom is 0.338 e. The van der Waals surface area contributed by atoms with Gasteiger partial charge in [-0.25, -0.2) is 0 Å². The van der Waals surface area contributed by atoms with E-state index in [0.717, 1.165) is 12.8 Å². The predicted octanol–water partition coefficient (Wildman–Crippen LogP) is 1.99. The minimum absolute atomic E-state index is 0.166. The molecule has 0 aromatic rings. The summed E-state index contributed by atoms with van der Waals surface area (Å²) in [6.07, 6.45) is 2.73. The summed E-state index contributed by atoms with van der Waals surface area (Å²) in [6, 6.07) is 0. The second-order valence-corrected chi connectivity index (χ2v) is 4.32. The van der Waals surface area contributed by atoms with Crippen molar-refractivity contribution in [3.63, 3.8) is 0 Å². The minimum atomic E-state index is -1.09. The van der Waals surface area contributed by atoms with Crippen molar-refractivity contribution in [3.8, 4) is 0 Å². The average Bonchev–Trinajstić information content (AvgIpc) is 1.87. The van der Waals surface area contributed by atoms with Crippen molar-refractivity contribution in [2.45, 2.75) is 31.8 Å². The summed E-state index contributed by atoms with van der Waals surface area (Å²) in [5.74, 6) is 0. The Kier molecular flexibility index (Phi) is 5.85. The first kappa shape index (κ1) is 10.1. The maximum atomic E-state index is 11.0. The Balaban J connectivity index is 3.61. The molecule has 0 aliphatic carbocycles. The van der Waals surface area contributed by atoms with E-state index in [1.165, 1.54) is 0 Å². The summed E-state index contributed by atoms with van der Waals surface area (Å²) >= 11 is 0. The SMILES string of the molecule is CCCC(CCO)[P+](C)=O. The topological polar surface area (TPSA) is 37.3 Å². The summed E-state index contributed by atoms with van der Waals surface area (Å²) in [5, 5.41) is 8.58. The molecule has 2 nitrogen and oxygen atoms in total. The molecular weight excluding hydrogens is 147 g/mol. The van der Waals surface area contributed by atoms with Crippen LogP contribution in [0.1, 0.15) is 26.2 Å². The lowest BCUT2D eigenvalue weighted by Gasteiger charge is -2.00. The zero-order valence-corrected chi connectivity index (χ0v) is 7.60. The van der Waals surface area contributed by atoms with E-state index in [9.17, 15) is 4.57 Å². The molecule has 0 aliphatic rings. The molecule has 0 fully saturated rings. The van der Waals surface area contributed by atoms with Crippen LogP contribution < -0.4 is 0 Å². The number of hydrogen-bond donors (Lipinski definition) is 1. The highest BCUT2D eigenvalue weighted by Crippen LogP contribution is 2.29. The highest BCUT2D eigenvalue weighted by atomic mass is 31.1. The second-order valence-electron chi connectivity index (χ2n) is 2.50. The van der Waals surface area contributed by atoms with Crippen LogP contribution in [0.25, 0.3) is 0 Å². The Morgan fingerprint density at radius 3 is 2.40 bits per heavy atom. The fourth-order valence-corrected chi connectivity index (χ4v) is 2.09. The molecule has 0 aromatic carbocycles. The van der Waals surface area contributed by atoms with Gasteiger partial charge in [0.2, 0.25) is 0 Å². The molecule has 2 unspecified atom stereocenters. The second kappa shape index (κ2) is 5.82. The molecule has 0 radical (unpaired) electrons. The molecule has 1 N–H and O–H groups in total. The van der Waals surface area contributed by atoms with Gasteiger partial charge in [0.25, 0.3) is 0 Å². The summed E-state index contributed by atoms with van der Waals surface area (Å²) in [6.45, 7) is 3.98. The van der Waals surface area contributed by atoms with Crippen LogP contribution in [0, 0.1) is 0 Å². The third kappa shape index (κ3) is 3.97. The van der Waals surface area contributed by atoms with Crippen LogP contribution in [0.15, 0.2) is 0 Å². The molecule has 0 saturated carbocycles. The van der Waals surface area contributed by atoms with Crippen LogP contribution in [0.3, 0.4) is 0 Å². The van der Waals surface area contributed by atoms with Gasteiger partial charge in [-0.1, -0.05) is 17.9 Å².